The summed E-state index contributed by atoms with van der Waals surface area (Å²) in [6.07, 6.45) is 5.17. The number of nitrogens with zero attached hydrogens (tertiary/aromatic N) is 1. The molecular formula is C32H33N. The summed E-state index contributed by atoms with van der Waals surface area (Å²) in [6.45, 7) is 1.83. The number of hydrogen-bond acceptors (Lipinski definition) is 1. The molecule has 0 atom stereocenters. The lowest BCUT2D eigenvalue weighted by molar-refractivity contribution is 0.396. The molecule has 1 fully saturated rings. The Hall–Kier alpha value is -3.32. The summed E-state index contributed by atoms with van der Waals surface area (Å²) in [4.78, 5) is 2.49. The van der Waals surface area contributed by atoms with Gasteiger partial charge < -0.3 is 4.90 Å². The van der Waals surface area contributed by atoms with Crippen LogP contribution in [0.4, 0.5) is 5.69 Å². The minimum Gasteiger partial charge on any atom is -0.363 e. The molecular weight excluding hydrogens is 398 g/mol. The predicted octanol–water partition coefficient (Wildman–Crippen LogP) is 8.33. The van der Waals surface area contributed by atoms with Gasteiger partial charge in [-0.3, -0.25) is 0 Å². The molecule has 0 spiro atoms. The molecule has 1 nitrogen and oxygen atoms in total. The lowest BCUT2D eigenvalue weighted by Crippen LogP contribution is -2.22. The van der Waals surface area contributed by atoms with Gasteiger partial charge in [-0.2, -0.15) is 0 Å². The lowest BCUT2D eigenvalue weighted by atomic mass is 9.76. The van der Waals surface area contributed by atoms with Gasteiger partial charge in [0.1, 0.15) is 0 Å². The summed E-state index contributed by atoms with van der Waals surface area (Å²) < 4.78 is 0. The molecule has 33 heavy (non-hydrogen) atoms. The van der Waals surface area contributed by atoms with E-state index in [1.54, 1.807) is 0 Å². The highest BCUT2D eigenvalue weighted by molar-refractivity contribution is 5.49. The van der Waals surface area contributed by atoms with Gasteiger partial charge in [0, 0.05) is 18.8 Å². The second-order valence-corrected chi connectivity index (χ2v) is 9.38. The quantitative estimate of drug-likeness (QED) is 0.284. The Labute approximate surface area is 198 Å². The van der Waals surface area contributed by atoms with Crippen molar-refractivity contribution in [1.29, 1.82) is 0 Å². The third-order valence-electron chi connectivity index (χ3n) is 7.16. The Morgan fingerprint density at radius 3 is 1.30 bits per heavy atom. The lowest BCUT2D eigenvalue weighted by Gasteiger charge is -2.30. The first-order valence-corrected chi connectivity index (χ1v) is 12.3. The van der Waals surface area contributed by atoms with Gasteiger partial charge in [0.25, 0.3) is 0 Å². The van der Waals surface area contributed by atoms with Crippen LogP contribution in [0.1, 0.15) is 59.8 Å². The van der Waals surface area contributed by atoms with Gasteiger partial charge in [-0.15, -0.1) is 0 Å². The van der Waals surface area contributed by atoms with Crippen LogP contribution in [-0.4, -0.2) is 0 Å². The molecule has 0 heterocycles. The van der Waals surface area contributed by atoms with Gasteiger partial charge in [0.05, 0.1) is 0 Å². The normalized spacial score (nSPS) is 18.1. The van der Waals surface area contributed by atoms with Crippen LogP contribution in [0.15, 0.2) is 115 Å². The molecule has 0 saturated heterocycles. The first kappa shape index (κ1) is 21.5. The van der Waals surface area contributed by atoms with E-state index in [4.69, 9.17) is 0 Å². The SMILES string of the molecule is c1ccc(CN(Cc2ccccc2)c2ccc(C3CCC(c4ccccc4)CC3)cc2)cc1. The third-order valence-corrected chi connectivity index (χ3v) is 7.16. The van der Waals surface area contributed by atoms with Crippen molar-refractivity contribution < 1.29 is 0 Å². The van der Waals surface area contributed by atoms with E-state index in [-0.39, 0.29) is 0 Å². The molecule has 0 bridgehead atoms. The average Bonchev–Trinajstić information content (AvgIpc) is 2.90. The zero-order valence-electron chi connectivity index (χ0n) is 19.3. The minimum absolute atomic E-state index is 0.690. The van der Waals surface area contributed by atoms with Crippen molar-refractivity contribution in [3.63, 3.8) is 0 Å². The Bertz CT molecular complexity index is 1050. The number of hydrogen-bond donors (Lipinski definition) is 0. The van der Waals surface area contributed by atoms with Gasteiger partial charge in [0.2, 0.25) is 0 Å². The minimum atomic E-state index is 0.690. The monoisotopic (exact) mass is 431 g/mol. The molecule has 1 aliphatic rings. The van der Waals surface area contributed by atoms with Crippen molar-refractivity contribution in [1.82, 2.24) is 0 Å². The highest BCUT2D eigenvalue weighted by atomic mass is 15.1. The maximum Gasteiger partial charge on any atom is 0.0433 e. The fourth-order valence-corrected chi connectivity index (χ4v) is 5.29. The Morgan fingerprint density at radius 1 is 0.455 bits per heavy atom. The first-order valence-electron chi connectivity index (χ1n) is 12.3. The van der Waals surface area contributed by atoms with E-state index in [1.165, 1.54) is 53.6 Å². The molecule has 166 valence electrons. The van der Waals surface area contributed by atoms with Crippen LogP contribution < -0.4 is 4.90 Å². The molecule has 0 radical (unpaired) electrons. The summed E-state index contributed by atoms with van der Waals surface area (Å²) >= 11 is 0. The molecule has 1 aliphatic carbocycles. The highest BCUT2D eigenvalue weighted by Gasteiger charge is 2.23. The zero-order chi connectivity index (χ0) is 22.3. The predicted molar refractivity (Wildman–Crippen MR) is 140 cm³/mol. The molecule has 0 amide bonds. The highest BCUT2D eigenvalue weighted by Crippen LogP contribution is 2.40. The van der Waals surface area contributed by atoms with Crippen molar-refractivity contribution in [3.05, 3.63) is 138 Å². The molecule has 5 rings (SSSR count). The van der Waals surface area contributed by atoms with Crippen LogP contribution in [0.5, 0.6) is 0 Å². The van der Waals surface area contributed by atoms with Crippen LogP contribution in [0, 0.1) is 0 Å². The second kappa shape index (κ2) is 10.5. The Morgan fingerprint density at radius 2 is 0.848 bits per heavy atom. The van der Waals surface area contributed by atoms with E-state index >= 15 is 0 Å². The molecule has 0 N–H and O–H groups in total. The van der Waals surface area contributed by atoms with Crippen molar-refractivity contribution >= 4 is 5.69 Å². The maximum atomic E-state index is 2.49. The van der Waals surface area contributed by atoms with E-state index in [0.717, 1.165) is 19.0 Å². The van der Waals surface area contributed by atoms with E-state index in [1.807, 2.05) is 0 Å². The average molecular weight is 432 g/mol. The van der Waals surface area contributed by atoms with Crippen LogP contribution >= 0.6 is 0 Å². The van der Waals surface area contributed by atoms with E-state index in [0.29, 0.717) is 5.92 Å². The topological polar surface area (TPSA) is 3.24 Å². The number of anilines is 1. The van der Waals surface area contributed by atoms with E-state index < -0.39 is 0 Å². The molecule has 4 aromatic carbocycles. The van der Waals surface area contributed by atoms with Crippen molar-refractivity contribution in [2.45, 2.75) is 50.6 Å². The van der Waals surface area contributed by atoms with Crippen molar-refractivity contribution in [3.8, 4) is 0 Å². The molecule has 0 aromatic heterocycles. The van der Waals surface area contributed by atoms with Crippen LogP contribution in [0.3, 0.4) is 0 Å². The van der Waals surface area contributed by atoms with Gasteiger partial charge >= 0.3 is 0 Å². The summed E-state index contributed by atoms with van der Waals surface area (Å²) in [5, 5.41) is 0. The summed E-state index contributed by atoms with van der Waals surface area (Å²) in [5.74, 6) is 1.42. The van der Waals surface area contributed by atoms with E-state index in [2.05, 4.69) is 120 Å². The Balaban J connectivity index is 1.28. The van der Waals surface area contributed by atoms with Crippen LogP contribution in [0.2, 0.25) is 0 Å². The second-order valence-electron chi connectivity index (χ2n) is 9.38. The van der Waals surface area contributed by atoms with Crippen LogP contribution in [-0.2, 0) is 13.1 Å². The fourth-order valence-electron chi connectivity index (χ4n) is 5.29. The summed E-state index contributed by atoms with van der Waals surface area (Å²) in [7, 11) is 0. The van der Waals surface area contributed by atoms with Gasteiger partial charge in [-0.1, -0.05) is 103 Å². The third kappa shape index (κ3) is 5.54. The standard InChI is InChI=1S/C32H33N/c1-4-10-26(11-5-1)24-33(25-27-12-6-2-7-13-27)32-22-20-31(21-23-32)30-18-16-29(17-19-30)28-14-8-3-9-15-28/h1-15,20-23,29-30H,16-19,24-25H2. The molecule has 1 heteroatoms. The molecule has 0 unspecified atom stereocenters. The zero-order valence-corrected chi connectivity index (χ0v) is 19.3. The van der Waals surface area contributed by atoms with Crippen molar-refractivity contribution in [2.24, 2.45) is 0 Å². The summed E-state index contributed by atoms with van der Waals surface area (Å²) in [6, 6.07) is 42.1. The smallest absolute Gasteiger partial charge is 0.0433 e. The van der Waals surface area contributed by atoms with Gasteiger partial charge in [0.15, 0.2) is 0 Å². The van der Waals surface area contributed by atoms with Crippen molar-refractivity contribution in [2.75, 3.05) is 4.90 Å². The largest absolute Gasteiger partial charge is 0.363 e. The molecule has 4 aromatic rings. The molecule has 1 saturated carbocycles. The number of rotatable bonds is 7. The van der Waals surface area contributed by atoms with Crippen LogP contribution in [0.25, 0.3) is 0 Å². The number of benzene rings is 4. The van der Waals surface area contributed by atoms with Gasteiger partial charge in [-0.25, -0.2) is 0 Å². The fraction of sp³-hybridized carbons (Fsp3) is 0.250. The summed E-state index contributed by atoms with van der Waals surface area (Å²) in [5.41, 5.74) is 7.01. The molecule has 0 aliphatic heterocycles. The van der Waals surface area contributed by atoms with E-state index in [9.17, 15) is 0 Å². The maximum absolute atomic E-state index is 2.49. The Kier molecular flexibility index (Phi) is 6.87. The van der Waals surface area contributed by atoms with Gasteiger partial charge in [-0.05, 0) is 71.9 Å². The first-order chi connectivity index (χ1) is 16.3.